The third kappa shape index (κ3) is 2.88. The topological polar surface area (TPSA) is 56.7 Å². The van der Waals surface area contributed by atoms with Gasteiger partial charge in [-0.15, -0.1) is 11.3 Å². The molecule has 1 aliphatic heterocycles. The van der Waals surface area contributed by atoms with E-state index in [0.29, 0.717) is 17.8 Å². The average molecular weight is 269 g/mol. The quantitative estimate of drug-likeness (QED) is 0.872. The number of aromatic nitrogens is 1. The second-order valence-corrected chi connectivity index (χ2v) is 6.24. The lowest BCUT2D eigenvalue weighted by atomic mass is 10.2. The molecule has 0 saturated carbocycles. The van der Waals surface area contributed by atoms with E-state index in [4.69, 9.17) is 0 Å². The van der Waals surface area contributed by atoms with E-state index in [0.717, 1.165) is 11.6 Å². The number of hydrogen-bond donors (Lipinski definition) is 1. The minimum atomic E-state index is -0.409. The maximum atomic E-state index is 12.4. The van der Waals surface area contributed by atoms with E-state index in [1.165, 1.54) is 11.3 Å². The van der Waals surface area contributed by atoms with Gasteiger partial charge in [-0.25, -0.2) is 4.98 Å². The minimum Gasteiger partial charge on any atom is -0.391 e. The summed E-state index contributed by atoms with van der Waals surface area (Å²) in [6.45, 7) is 3.09. The lowest BCUT2D eigenvalue weighted by Crippen LogP contribution is -2.41. The van der Waals surface area contributed by atoms with Crippen LogP contribution < -0.4 is 0 Å². The summed E-state index contributed by atoms with van der Waals surface area (Å²) in [4.78, 5) is 21.0. The number of aliphatic hydroxyl groups excluding tert-OH is 1. The second-order valence-electron chi connectivity index (χ2n) is 5.01. The van der Waals surface area contributed by atoms with Crippen LogP contribution in [0.1, 0.15) is 21.1 Å². The molecule has 0 bridgehead atoms. The van der Waals surface area contributed by atoms with Gasteiger partial charge in [0.05, 0.1) is 17.3 Å². The zero-order valence-corrected chi connectivity index (χ0v) is 11.8. The number of carbonyl (C=O) groups excluding carboxylic acids is 1. The summed E-state index contributed by atoms with van der Waals surface area (Å²) < 4.78 is 0. The summed E-state index contributed by atoms with van der Waals surface area (Å²) in [6.07, 6.45) is 1.87. The van der Waals surface area contributed by atoms with E-state index in [1.54, 1.807) is 11.1 Å². The molecule has 18 heavy (non-hydrogen) atoms. The smallest absolute Gasteiger partial charge is 0.265 e. The van der Waals surface area contributed by atoms with Crippen LogP contribution >= 0.6 is 11.3 Å². The summed E-state index contributed by atoms with van der Waals surface area (Å²) in [5, 5.41) is 10.7. The maximum absolute atomic E-state index is 12.4. The molecule has 0 aromatic carbocycles. The highest BCUT2D eigenvalue weighted by molar-refractivity contribution is 7.13. The zero-order valence-electron chi connectivity index (χ0n) is 11.0. The first-order valence-electron chi connectivity index (χ1n) is 6.03. The lowest BCUT2D eigenvalue weighted by Gasteiger charge is -2.26. The number of aryl methyl sites for hydroxylation is 1. The number of aliphatic hydroxyl groups is 1. The molecule has 5 nitrogen and oxygen atoms in total. The van der Waals surface area contributed by atoms with Crippen molar-refractivity contribution < 1.29 is 9.90 Å². The van der Waals surface area contributed by atoms with E-state index in [-0.39, 0.29) is 11.9 Å². The monoisotopic (exact) mass is 269 g/mol. The third-order valence-electron chi connectivity index (χ3n) is 3.06. The van der Waals surface area contributed by atoms with E-state index >= 15 is 0 Å². The van der Waals surface area contributed by atoms with Crippen LogP contribution in [0.5, 0.6) is 0 Å². The van der Waals surface area contributed by atoms with Crippen LogP contribution in [0.4, 0.5) is 0 Å². The zero-order chi connectivity index (χ0) is 13.3. The maximum Gasteiger partial charge on any atom is 0.265 e. The van der Waals surface area contributed by atoms with Gasteiger partial charge in [0.15, 0.2) is 0 Å². The standard InChI is InChI=1S/C12H19N3O2S/c1-8-13-5-11(18-8)12(17)15-7-10(16)4-9(15)6-14(2)3/h5,9-10,16H,4,6-7H2,1-3H3. The van der Waals surface area contributed by atoms with Gasteiger partial charge >= 0.3 is 0 Å². The summed E-state index contributed by atoms with van der Waals surface area (Å²) in [6, 6.07) is 0.0879. The van der Waals surface area contributed by atoms with Gasteiger partial charge in [-0.1, -0.05) is 0 Å². The first kappa shape index (κ1) is 13.5. The van der Waals surface area contributed by atoms with Gasteiger partial charge in [-0.3, -0.25) is 4.79 Å². The fraction of sp³-hybridized carbons (Fsp3) is 0.667. The van der Waals surface area contributed by atoms with E-state index < -0.39 is 6.10 Å². The van der Waals surface area contributed by atoms with Gasteiger partial charge in [-0.05, 0) is 27.4 Å². The number of thiazole rings is 1. The Morgan fingerprint density at radius 2 is 2.39 bits per heavy atom. The molecular formula is C12H19N3O2S. The predicted octanol–water partition coefficient (Wildman–Crippen LogP) is 0.589. The van der Waals surface area contributed by atoms with Crippen molar-refractivity contribution in [1.29, 1.82) is 0 Å². The highest BCUT2D eigenvalue weighted by Gasteiger charge is 2.35. The van der Waals surface area contributed by atoms with Crippen LogP contribution in [-0.4, -0.2) is 65.1 Å². The van der Waals surface area contributed by atoms with Gasteiger partial charge in [0.1, 0.15) is 4.88 Å². The fourth-order valence-corrected chi connectivity index (χ4v) is 3.07. The molecule has 1 aromatic rings. The molecule has 1 amide bonds. The Hall–Kier alpha value is -0.980. The first-order valence-corrected chi connectivity index (χ1v) is 6.85. The van der Waals surface area contributed by atoms with Crippen LogP contribution in [-0.2, 0) is 0 Å². The summed E-state index contributed by atoms with van der Waals surface area (Å²) in [7, 11) is 3.95. The largest absolute Gasteiger partial charge is 0.391 e. The Bertz CT molecular complexity index is 433. The van der Waals surface area contributed by atoms with Crippen LogP contribution in [0.25, 0.3) is 0 Å². The van der Waals surface area contributed by atoms with Crippen LogP contribution in [0.3, 0.4) is 0 Å². The lowest BCUT2D eigenvalue weighted by molar-refractivity contribution is 0.0704. The Morgan fingerprint density at radius 3 is 2.94 bits per heavy atom. The number of nitrogens with zero attached hydrogens (tertiary/aromatic N) is 3. The Balaban J connectivity index is 2.12. The molecule has 0 aliphatic carbocycles. The summed E-state index contributed by atoms with van der Waals surface area (Å²) in [5.41, 5.74) is 0. The van der Waals surface area contributed by atoms with E-state index in [2.05, 4.69) is 4.98 Å². The summed E-state index contributed by atoms with van der Waals surface area (Å²) >= 11 is 1.41. The molecule has 1 aliphatic rings. The van der Waals surface area contributed by atoms with Crippen LogP contribution in [0.2, 0.25) is 0 Å². The molecule has 1 aromatic heterocycles. The van der Waals surface area contributed by atoms with Crippen molar-refractivity contribution in [3.05, 3.63) is 16.1 Å². The van der Waals surface area contributed by atoms with Gasteiger partial charge in [-0.2, -0.15) is 0 Å². The average Bonchev–Trinajstić information content (AvgIpc) is 2.83. The number of carbonyl (C=O) groups is 1. The van der Waals surface area contributed by atoms with Crippen molar-refractivity contribution in [3.8, 4) is 0 Å². The van der Waals surface area contributed by atoms with Crippen molar-refractivity contribution in [3.63, 3.8) is 0 Å². The van der Waals surface area contributed by atoms with E-state index in [9.17, 15) is 9.90 Å². The molecule has 2 unspecified atom stereocenters. The SMILES string of the molecule is Cc1ncc(C(=O)N2CC(O)CC2CN(C)C)s1. The van der Waals surface area contributed by atoms with Crippen molar-refractivity contribution in [1.82, 2.24) is 14.8 Å². The van der Waals surface area contributed by atoms with Gasteiger partial charge in [0, 0.05) is 19.1 Å². The van der Waals surface area contributed by atoms with Gasteiger partial charge < -0.3 is 14.9 Å². The molecule has 1 fully saturated rings. The highest BCUT2D eigenvalue weighted by atomic mass is 32.1. The molecule has 100 valence electrons. The molecule has 2 rings (SSSR count). The van der Waals surface area contributed by atoms with E-state index in [1.807, 2.05) is 25.9 Å². The van der Waals surface area contributed by atoms with Crippen molar-refractivity contribution in [2.24, 2.45) is 0 Å². The number of β-amino-alcohol motifs (C(OH)–C–C–N with tert-alkyl or cyclic N) is 1. The molecule has 0 spiro atoms. The number of rotatable bonds is 3. The minimum absolute atomic E-state index is 0.0102. The van der Waals surface area contributed by atoms with Crippen molar-refractivity contribution in [2.45, 2.75) is 25.5 Å². The Labute approximate surface area is 111 Å². The Kier molecular flexibility index (Phi) is 3.99. The first-order chi connectivity index (χ1) is 8.47. The van der Waals surface area contributed by atoms with Gasteiger partial charge in [0.2, 0.25) is 0 Å². The molecule has 2 atom stereocenters. The number of likely N-dealkylation sites (tertiary alicyclic amines) is 1. The molecule has 1 N–H and O–H groups in total. The predicted molar refractivity (Wildman–Crippen MR) is 70.9 cm³/mol. The molecule has 6 heteroatoms. The van der Waals surface area contributed by atoms with Crippen LogP contribution in [0, 0.1) is 6.92 Å². The molecule has 1 saturated heterocycles. The normalized spacial score (nSPS) is 23.9. The van der Waals surface area contributed by atoms with Crippen LogP contribution in [0.15, 0.2) is 6.20 Å². The highest BCUT2D eigenvalue weighted by Crippen LogP contribution is 2.23. The number of amides is 1. The van der Waals surface area contributed by atoms with Crippen molar-refractivity contribution in [2.75, 3.05) is 27.2 Å². The van der Waals surface area contributed by atoms with Crippen molar-refractivity contribution >= 4 is 17.2 Å². The second kappa shape index (κ2) is 5.34. The molecular weight excluding hydrogens is 250 g/mol. The number of hydrogen-bond acceptors (Lipinski definition) is 5. The Morgan fingerprint density at radius 1 is 1.67 bits per heavy atom. The summed E-state index contributed by atoms with van der Waals surface area (Å²) in [5.74, 6) is -0.0102. The molecule has 2 heterocycles. The van der Waals surface area contributed by atoms with Gasteiger partial charge in [0.25, 0.3) is 5.91 Å². The third-order valence-corrected chi connectivity index (χ3v) is 3.96. The fourth-order valence-electron chi connectivity index (χ4n) is 2.34. The molecule has 0 radical (unpaired) electrons. The number of likely N-dealkylation sites (N-methyl/N-ethyl adjacent to an activating group) is 1.